The molecule has 0 aromatic heterocycles. The fourth-order valence-electron chi connectivity index (χ4n) is 5.57. The van der Waals surface area contributed by atoms with Crippen LogP contribution >= 0.6 is 0 Å². The Bertz CT molecular complexity index is 1410. The Morgan fingerprint density at radius 2 is 1.77 bits per heavy atom. The summed E-state index contributed by atoms with van der Waals surface area (Å²) in [7, 11) is -3.31. The van der Waals surface area contributed by atoms with E-state index in [-0.39, 0.29) is 23.8 Å². The molecule has 1 aliphatic carbocycles. The zero-order valence-corrected chi connectivity index (χ0v) is 24.2. The minimum atomic E-state index is -3.31. The molecule has 2 aromatic rings. The van der Waals surface area contributed by atoms with Gasteiger partial charge in [0.15, 0.2) is 0 Å². The molecule has 2 amide bonds. The summed E-state index contributed by atoms with van der Waals surface area (Å²) in [6.45, 7) is 4.34. The van der Waals surface area contributed by atoms with Gasteiger partial charge in [-0.05, 0) is 61.8 Å². The van der Waals surface area contributed by atoms with Crippen molar-refractivity contribution in [1.82, 2.24) is 15.4 Å². The van der Waals surface area contributed by atoms with Gasteiger partial charge in [0.25, 0.3) is 5.91 Å². The summed E-state index contributed by atoms with van der Waals surface area (Å²) in [5.41, 5.74) is 4.09. The van der Waals surface area contributed by atoms with Crippen LogP contribution < -0.4 is 15.4 Å². The highest BCUT2D eigenvalue weighted by Crippen LogP contribution is 2.35. The van der Waals surface area contributed by atoms with Crippen LogP contribution in [-0.2, 0) is 21.4 Å². The summed E-state index contributed by atoms with van der Waals surface area (Å²) in [5.74, 6) is -0.910. The number of rotatable bonds is 9. The quantitative estimate of drug-likeness (QED) is 0.384. The molecular weight excluding hydrogens is 522 g/mol. The second-order valence-corrected chi connectivity index (χ2v) is 12.5. The molecule has 0 spiro atoms. The highest BCUT2D eigenvalue weighted by atomic mass is 32.2. The van der Waals surface area contributed by atoms with Gasteiger partial charge in [0.05, 0.1) is 18.2 Å². The summed E-state index contributed by atoms with van der Waals surface area (Å²) in [4.78, 5) is 27.1. The summed E-state index contributed by atoms with van der Waals surface area (Å²) < 4.78 is 26.5. The maximum Gasteiger partial charge on any atom is 0.252 e. The first-order valence-corrected chi connectivity index (χ1v) is 15.7. The van der Waals surface area contributed by atoms with E-state index in [4.69, 9.17) is 0 Å². The summed E-state index contributed by atoms with van der Waals surface area (Å²) in [5, 5.41) is 6.22. The van der Waals surface area contributed by atoms with Crippen molar-refractivity contribution in [2.24, 2.45) is 5.92 Å². The predicted octanol–water partition coefficient (Wildman–Crippen LogP) is 4.76. The molecule has 40 heavy (non-hydrogen) atoms. The Hall–Kier alpha value is -3.49. The molecule has 2 aromatic carbocycles. The Balaban J connectivity index is 1.71. The molecule has 212 valence electrons. The van der Waals surface area contributed by atoms with Crippen LogP contribution in [-0.4, -0.2) is 38.6 Å². The Labute approximate surface area is 237 Å². The van der Waals surface area contributed by atoms with Crippen molar-refractivity contribution in [3.63, 3.8) is 0 Å². The fraction of sp³-hybridized carbons (Fsp3) is 0.375. The number of nitrogens with one attached hydrogen (secondary N) is 3. The SMILES string of the molecule is C\C=C(C)/C=C\C(=C\C1CCCC(NS(C)(=O)=O)C1)[C@@H]1NC(=O)c2ccccc2[C@H]1C(=O)NCc1ccccc1. The van der Waals surface area contributed by atoms with E-state index >= 15 is 0 Å². The van der Waals surface area contributed by atoms with Gasteiger partial charge in [-0.25, -0.2) is 13.1 Å². The molecule has 8 heteroatoms. The van der Waals surface area contributed by atoms with Gasteiger partial charge in [0.1, 0.15) is 0 Å². The Morgan fingerprint density at radius 3 is 2.50 bits per heavy atom. The number of sulfonamides is 1. The van der Waals surface area contributed by atoms with Crippen LogP contribution in [0.4, 0.5) is 0 Å². The van der Waals surface area contributed by atoms with E-state index < -0.39 is 22.0 Å². The molecule has 2 unspecified atom stereocenters. The lowest BCUT2D eigenvalue weighted by Crippen LogP contribution is -2.50. The molecule has 4 rings (SSSR count). The average Bonchev–Trinajstić information content (AvgIpc) is 2.93. The number of benzene rings is 2. The van der Waals surface area contributed by atoms with Crippen LogP contribution in [0.1, 0.15) is 66.9 Å². The third-order valence-electron chi connectivity index (χ3n) is 7.63. The van der Waals surface area contributed by atoms with E-state index in [2.05, 4.69) is 21.4 Å². The van der Waals surface area contributed by atoms with Gasteiger partial charge in [-0.3, -0.25) is 9.59 Å². The number of fused-ring (bicyclic) bond motifs is 1. The number of hydrogen-bond acceptors (Lipinski definition) is 4. The lowest BCUT2D eigenvalue weighted by molar-refractivity contribution is -0.123. The molecular formula is C32H39N3O4S. The normalized spacial score (nSPS) is 23.9. The van der Waals surface area contributed by atoms with Gasteiger partial charge in [-0.2, -0.15) is 0 Å². The minimum Gasteiger partial charge on any atom is -0.351 e. The summed E-state index contributed by atoms with van der Waals surface area (Å²) in [6.07, 6.45) is 12.5. The van der Waals surface area contributed by atoms with Crippen molar-refractivity contribution in [1.29, 1.82) is 0 Å². The Kier molecular flexibility index (Phi) is 9.76. The van der Waals surface area contributed by atoms with Crippen molar-refractivity contribution in [2.45, 2.75) is 64.1 Å². The molecule has 1 saturated carbocycles. The van der Waals surface area contributed by atoms with E-state index in [0.717, 1.165) is 36.0 Å². The van der Waals surface area contributed by atoms with E-state index in [9.17, 15) is 18.0 Å². The van der Waals surface area contributed by atoms with E-state index in [1.165, 1.54) is 6.26 Å². The van der Waals surface area contributed by atoms with Gasteiger partial charge >= 0.3 is 0 Å². The second-order valence-electron chi connectivity index (χ2n) is 10.8. The van der Waals surface area contributed by atoms with Crippen LogP contribution in [0.3, 0.4) is 0 Å². The number of carbonyl (C=O) groups excluding carboxylic acids is 2. The Morgan fingerprint density at radius 1 is 1.05 bits per heavy atom. The smallest absolute Gasteiger partial charge is 0.252 e. The maximum absolute atomic E-state index is 13.8. The molecule has 3 N–H and O–H groups in total. The molecule has 0 radical (unpaired) electrons. The van der Waals surface area contributed by atoms with Crippen LogP contribution in [0.2, 0.25) is 0 Å². The molecule has 1 fully saturated rings. The number of allylic oxidation sites excluding steroid dienone is 4. The molecule has 7 nitrogen and oxygen atoms in total. The average molecular weight is 562 g/mol. The third kappa shape index (κ3) is 7.79. The van der Waals surface area contributed by atoms with Crippen molar-refractivity contribution in [3.05, 3.63) is 107 Å². The lowest BCUT2D eigenvalue weighted by atomic mass is 9.77. The van der Waals surface area contributed by atoms with Crippen molar-refractivity contribution < 1.29 is 18.0 Å². The number of carbonyl (C=O) groups is 2. The summed E-state index contributed by atoms with van der Waals surface area (Å²) in [6, 6.07) is 16.3. The zero-order valence-electron chi connectivity index (χ0n) is 23.4. The lowest BCUT2D eigenvalue weighted by Gasteiger charge is -2.35. The highest BCUT2D eigenvalue weighted by Gasteiger charge is 2.39. The topological polar surface area (TPSA) is 104 Å². The van der Waals surface area contributed by atoms with E-state index in [1.807, 2.05) is 74.5 Å². The first-order chi connectivity index (χ1) is 19.1. The van der Waals surface area contributed by atoms with Gasteiger partial charge < -0.3 is 10.6 Å². The van der Waals surface area contributed by atoms with Gasteiger partial charge in [0.2, 0.25) is 15.9 Å². The van der Waals surface area contributed by atoms with Gasteiger partial charge in [-0.1, -0.05) is 84.8 Å². The van der Waals surface area contributed by atoms with Crippen LogP contribution in [0.25, 0.3) is 0 Å². The largest absolute Gasteiger partial charge is 0.351 e. The third-order valence-corrected chi connectivity index (χ3v) is 8.39. The zero-order chi connectivity index (χ0) is 28.7. The number of amides is 2. The van der Waals surface area contributed by atoms with Crippen LogP contribution in [0.5, 0.6) is 0 Å². The standard InChI is InChI=1S/C32H39N3O4S/c1-4-22(2)17-18-25(19-24-13-10-14-26(20-24)35-40(3,38)39)30-29(27-15-8-9-16-28(27)31(36)34-30)32(37)33-21-23-11-6-5-7-12-23/h4-9,11-12,15-19,24,26,29-30,35H,10,13-14,20-21H2,1-3H3,(H,33,37)(H,34,36)/b18-17-,22-4-,25-19-/t24?,26?,29-,30+/m1/s1. The van der Waals surface area contributed by atoms with Crippen molar-refractivity contribution >= 4 is 21.8 Å². The molecule has 2 aliphatic rings. The molecule has 4 atom stereocenters. The maximum atomic E-state index is 13.8. The fourth-order valence-corrected chi connectivity index (χ4v) is 6.39. The highest BCUT2D eigenvalue weighted by molar-refractivity contribution is 7.88. The first kappa shape index (κ1) is 29.5. The number of hydrogen-bond donors (Lipinski definition) is 3. The van der Waals surface area contributed by atoms with Crippen LogP contribution in [0, 0.1) is 5.92 Å². The van der Waals surface area contributed by atoms with Crippen LogP contribution in [0.15, 0.2) is 90.0 Å². The first-order valence-electron chi connectivity index (χ1n) is 13.9. The second kappa shape index (κ2) is 13.2. The monoisotopic (exact) mass is 561 g/mol. The molecule has 1 heterocycles. The van der Waals surface area contributed by atoms with Gasteiger partial charge in [0, 0.05) is 18.2 Å². The van der Waals surface area contributed by atoms with E-state index in [0.29, 0.717) is 24.1 Å². The van der Waals surface area contributed by atoms with Crippen molar-refractivity contribution in [2.75, 3.05) is 6.26 Å². The predicted molar refractivity (Wildman–Crippen MR) is 159 cm³/mol. The molecule has 1 aliphatic heterocycles. The minimum absolute atomic E-state index is 0.0978. The van der Waals surface area contributed by atoms with Gasteiger partial charge in [-0.15, -0.1) is 0 Å². The van der Waals surface area contributed by atoms with E-state index in [1.54, 1.807) is 12.1 Å². The molecule has 0 saturated heterocycles. The van der Waals surface area contributed by atoms with Crippen molar-refractivity contribution in [3.8, 4) is 0 Å². The molecule has 0 bridgehead atoms. The summed E-state index contributed by atoms with van der Waals surface area (Å²) >= 11 is 0.